The van der Waals surface area contributed by atoms with Gasteiger partial charge in [0.25, 0.3) is 0 Å². The molecule has 1 unspecified atom stereocenters. The molecule has 9 aromatic rings. The molecule has 0 bridgehead atoms. The standard InChI is InChI=1S/C58H41N5/c1-4-15-38(16-5-1)50-37-52(40-17-6-2-7-18-40)59-51-34-31-39-27-28-44(36-49(39)55(50)51)43-21-14-22-45(35-43)58-61-56(41-19-8-3-9-20-41)60-57(62-58)42-29-32-46(33-30-42)63-53-25-12-10-23-47(53)48-24-11-13-26-54(48)63/h1-29,31-32,34-35,37,49H,30,33,36H2. The minimum Gasteiger partial charge on any atom is -0.313 e. The Kier molecular flexibility index (Phi) is 9.03. The molecule has 63 heavy (non-hydrogen) atoms. The third-order valence-electron chi connectivity index (χ3n) is 12.8. The summed E-state index contributed by atoms with van der Waals surface area (Å²) in [6, 6.07) is 59.9. The van der Waals surface area contributed by atoms with Gasteiger partial charge in [0, 0.05) is 39.1 Å². The van der Waals surface area contributed by atoms with Crippen LogP contribution in [0.25, 0.3) is 89.9 Å². The zero-order valence-corrected chi connectivity index (χ0v) is 34.6. The van der Waals surface area contributed by atoms with Crippen molar-refractivity contribution in [3.05, 3.63) is 228 Å². The van der Waals surface area contributed by atoms with Crippen LogP contribution >= 0.6 is 0 Å². The number of hydrogen-bond donors (Lipinski definition) is 0. The fraction of sp³-hybridized carbons (Fsp3) is 0.0690. The molecule has 3 heterocycles. The highest BCUT2D eigenvalue weighted by molar-refractivity contribution is 6.10. The van der Waals surface area contributed by atoms with Gasteiger partial charge in [-0.2, -0.15) is 0 Å². The van der Waals surface area contributed by atoms with Gasteiger partial charge in [0.1, 0.15) is 0 Å². The van der Waals surface area contributed by atoms with Gasteiger partial charge in [0.2, 0.25) is 0 Å². The molecule has 0 radical (unpaired) electrons. The maximum absolute atomic E-state index is 5.27. The Morgan fingerprint density at radius 3 is 1.71 bits per heavy atom. The van der Waals surface area contributed by atoms with Crippen LogP contribution < -0.4 is 0 Å². The number of benzene rings is 6. The zero-order valence-electron chi connectivity index (χ0n) is 34.6. The lowest BCUT2D eigenvalue weighted by atomic mass is 9.74. The Labute approximate surface area is 366 Å². The lowest BCUT2D eigenvalue weighted by Crippen LogP contribution is -2.14. The van der Waals surface area contributed by atoms with Crippen molar-refractivity contribution < 1.29 is 0 Å². The first-order chi connectivity index (χ1) is 31.2. The average Bonchev–Trinajstić information content (AvgIpc) is 3.71. The number of aromatic nitrogens is 5. The molecule has 0 N–H and O–H groups in total. The maximum atomic E-state index is 5.27. The van der Waals surface area contributed by atoms with E-state index in [0.717, 1.165) is 58.5 Å². The highest BCUT2D eigenvalue weighted by Gasteiger charge is 2.30. The Hall–Kier alpha value is -8.02. The monoisotopic (exact) mass is 807 g/mol. The van der Waals surface area contributed by atoms with Gasteiger partial charge in [0.15, 0.2) is 17.5 Å². The number of para-hydroxylation sites is 2. The Morgan fingerprint density at radius 1 is 0.429 bits per heavy atom. The number of fused-ring (bicyclic) bond motifs is 6. The van der Waals surface area contributed by atoms with Gasteiger partial charge in [-0.15, -0.1) is 0 Å². The molecule has 12 rings (SSSR count). The van der Waals surface area contributed by atoms with Crippen LogP contribution in [0.1, 0.15) is 47.8 Å². The number of rotatable bonds is 7. The molecule has 298 valence electrons. The van der Waals surface area contributed by atoms with E-state index in [2.05, 4.69) is 193 Å². The van der Waals surface area contributed by atoms with Crippen LogP contribution in [0.4, 0.5) is 0 Å². The van der Waals surface area contributed by atoms with E-state index in [1.54, 1.807) is 0 Å². The van der Waals surface area contributed by atoms with E-state index >= 15 is 0 Å². The van der Waals surface area contributed by atoms with E-state index in [0.29, 0.717) is 17.5 Å². The first kappa shape index (κ1) is 36.8. The number of hydrogen-bond acceptors (Lipinski definition) is 4. The van der Waals surface area contributed by atoms with Gasteiger partial charge in [0.05, 0.1) is 22.4 Å². The van der Waals surface area contributed by atoms with Crippen LogP contribution in [-0.4, -0.2) is 24.5 Å². The van der Waals surface area contributed by atoms with E-state index in [1.807, 2.05) is 18.2 Å². The topological polar surface area (TPSA) is 56.5 Å². The SMILES string of the molecule is C1=Cc2nc(-c3ccccc3)cc(-c3ccccc3)c2C2CC(c3cccc(-c4nc(C5=CC=C(n6c7ccccc7c7ccccc76)CC5)nc(-c5ccccc5)n4)c3)=CC=C12. The predicted octanol–water partition coefficient (Wildman–Crippen LogP) is 14.3. The van der Waals surface area contributed by atoms with E-state index < -0.39 is 0 Å². The molecule has 6 aromatic carbocycles. The molecular weight excluding hydrogens is 767 g/mol. The van der Waals surface area contributed by atoms with Crippen molar-refractivity contribution in [2.24, 2.45) is 0 Å². The van der Waals surface area contributed by atoms with Crippen LogP contribution in [0, 0.1) is 0 Å². The second-order valence-corrected chi connectivity index (χ2v) is 16.5. The second-order valence-electron chi connectivity index (χ2n) is 16.5. The van der Waals surface area contributed by atoms with Gasteiger partial charge in [-0.1, -0.05) is 170 Å². The Bertz CT molecular complexity index is 3350. The maximum Gasteiger partial charge on any atom is 0.164 e. The van der Waals surface area contributed by atoms with Crippen LogP contribution in [0.15, 0.2) is 206 Å². The zero-order chi connectivity index (χ0) is 41.7. The number of allylic oxidation sites excluding steroid dienone is 9. The van der Waals surface area contributed by atoms with E-state index in [-0.39, 0.29) is 5.92 Å². The summed E-state index contributed by atoms with van der Waals surface area (Å²) in [6.07, 6.45) is 16.0. The van der Waals surface area contributed by atoms with Crippen LogP contribution in [-0.2, 0) is 0 Å². The van der Waals surface area contributed by atoms with Gasteiger partial charge >= 0.3 is 0 Å². The molecule has 5 heteroatoms. The predicted molar refractivity (Wildman–Crippen MR) is 259 cm³/mol. The molecule has 0 saturated carbocycles. The molecule has 0 aliphatic heterocycles. The highest BCUT2D eigenvalue weighted by Crippen LogP contribution is 2.47. The summed E-state index contributed by atoms with van der Waals surface area (Å²) < 4.78 is 2.42. The fourth-order valence-corrected chi connectivity index (χ4v) is 9.68. The van der Waals surface area contributed by atoms with Crippen LogP contribution in [0.5, 0.6) is 0 Å². The molecule has 0 amide bonds. The van der Waals surface area contributed by atoms with E-state index in [9.17, 15) is 0 Å². The summed E-state index contributed by atoms with van der Waals surface area (Å²) in [7, 11) is 0. The molecule has 3 aliphatic rings. The first-order valence-corrected chi connectivity index (χ1v) is 21.8. The van der Waals surface area contributed by atoms with Crippen LogP contribution in [0.3, 0.4) is 0 Å². The summed E-state index contributed by atoms with van der Waals surface area (Å²) in [5.74, 6) is 2.22. The van der Waals surface area contributed by atoms with Crippen molar-refractivity contribution in [1.29, 1.82) is 0 Å². The number of pyridine rings is 1. The van der Waals surface area contributed by atoms with E-state index in [4.69, 9.17) is 19.9 Å². The average molecular weight is 808 g/mol. The molecule has 0 spiro atoms. The molecule has 0 fully saturated rings. The molecule has 0 saturated heterocycles. The summed E-state index contributed by atoms with van der Waals surface area (Å²) in [5.41, 5.74) is 17.3. The summed E-state index contributed by atoms with van der Waals surface area (Å²) in [4.78, 5) is 20.7. The molecular formula is C58H41N5. The lowest BCUT2D eigenvalue weighted by molar-refractivity contribution is 0.817. The quantitative estimate of drug-likeness (QED) is 0.161. The minimum atomic E-state index is 0.161. The van der Waals surface area contributed by atoms with Crippen molar-refractivity contribution in [2.75, 3.05) is 0 Å². The Balaban J connectivity index is 0.911. The van der Waals surface area contributed by atoms with Crippen molar-refractivity contribution >= 4 is 44.7 Å². The fourth-order valence-electron chi connectivity index (χ4n) is 9.68. The van der Waals surface area contributed by atoms with Crippen molar-refractivity contribution in [3.63, 3.8) is 0 Å². The molecule has 1 atom stereocenters. The summed E-state index contributed by atoms with van der Waals surface area (Å²) in [5, 5.41) is 2.54. The van der Waals surface area contributed by atoms with Crippen molar-refractivity contribution in [1.82, 2.24) is 24.5 Å². The smallest absolute Gasteiger partial charge is 0.164 e. The largest absolute Gasteiger partial charge is 0.313 e. The third-order valence-corrected chi connectivity index (χ3v) is 12.8. The molecule has 5 nitrogen and oxygen atoms in total. The summed E-state index contributed by atoms with van der Waals surface area (Å²) >= 11 is 0. The van der Waals surface area contributed by atoms with Gasteiger partial charge in [-0.05, 0) is 94.7 Å². The van der Waals surface area contributed by atoms with Gasteiger partial charge in [-0.25, -0.2) is 19.9 Å². The summed E-state index contributed by atoms with van der Waals surface area (Å²) in [6.45, 7) is 0. The Morgan fingerprint density at radius 2 is 1.02 bits per heavy atom. The van der Waals surface area contributed by atoms with Crippen molar-refractivity contribution in [2.45, 2.75) is 25.2 Å². The van der Waals surface area contributed by atoms with Gasteiger partial charge in [-0.3, -0.25) is 0 Å². The molecule has 3 aliphatic carbocycles. The molecule has 3 aromatic heterocycles. The first-order valence-electron chi connectivity index (χ1n) is 21.8. The van der Waals surface area contributed by atoms with E-state index in [1.165, 1.54) is 55.3 Å². The highest BCUT2D eigenvalue weighted by atomic mass is 15.0. The van der Waals surface area contributed by atoms with Crippen LogP contribution in [0.2, 0.25) is 0 Å². The lowest BCUT2D eigenvalue weighted by Gasteiger charge is -2.30. The third kappa shape index (κ3) is 6.66. The minimum absolute atomic E-state index is 0.161. The van der Waals surface area contributed by atoms with Gasteiger partial charge < -0.3 is 4.57 Å². The normalized spacial score (nSPS) is 15.6. The van der Waals surface area contributed by atoms with Crippen molar-refractivity contribution in [3.8, 4) is 45.2 Å². The number of nitrogens with zero attached hydrogens (tertiary/aromatic N) is 5. The second kappa shape index (κ2) is 15.5.